The van der Waals surface area contributed by atoms with Gasteiger partial charge in [0.05, 0.1) is 0 Å². The molecule has 0 heterocycles. The van der Waals surface area contributed by atoms with Crippen molar-refractivity contribution in [1.82, 2.24) is 10.2 Å². The minimum Gasteiger partial charge on any atom is -0.480 e. The zero-order valence-electron chi connectivity index (χ0n) is 14.9. The normalized spacial score (nSPS) is 12.3. The summed E-state index contributed by atoms with van der Waals surface area (Å²) in [7, 11) is 0. The van der Waals surface area contributed by atoms with Crippen molar-refractivity contribution in [2.45, 2.75) is 32.7 Å². The highest BCUT2D eigenvalue weighted by molar-refractivity contribution is 5.85. The number of nitrogens with zero attached hydrogens (tertiary/aromatic N) is 1. The molecule has 0 spiro atoms. The van der Waals surface area contributed by atoms with Gasteiger partial charge in [0, 0.05) is 20.0 Å². The van der Waals surface area contributed by atoms with E-state index in [0.29, 0.717) is 19.6 Å². The number of aryl methyl sites for hydroxylation is 1. The molecular formula is C20H26N2O3. The molecule has 2 N–H and O–H groups in total. The van der Waals surface area contributed by atoms with Crippen LogP contribution in [0.3, 0.4) is 0 Å². The van der Waals surface area contributed by atoms with E-state index < -0.39 is 12.0 Å². The third kappa shape index (κ3) is 5.57. The Morgan fingerprint density at radius 1 is 1.12 bits per heavy atom. The molecule has 0 aliphatic heterocycles. The average Bonchev–Trinajstić information content (AvgIpc) is 2.59. The molecule has 0 aliphatic carbocycles. The van der Waals surface area contributed by atoms with Crippen LogP contribution in [0.25, 0.3) is 10.8 Å². The maximum absolute atomic E-state index is 11.3. The molecule has 25 heavy (non-hydrogen) atoms. The molecule has 1 unspecified atom stereocenters. The maximum Gasteiger partial charge on any atom is 0.320 e. The molecule has 5 nitrogen and oxygen atoms in total. The lowest BCUT2D eigenvalue weighted by Gasteiger charge is -2.26. The van der Waals surface area contributed by atoms with Gasteiger partial charge in [-0.15, -0.1) is 0 Å². The van der Waals surface area contributed by atoms with Gasteiger partial charge in [0.15, 0.2) is 0 Å². The quantitative estimate of drug-likeness (QED) is 0.735. The van der Waals surface area contributed by atoms with Crippen molar-refractivity contribution in [3.63, 3.8) is 0 Å². The molecule has 0 fully saturated rings. The van der Waals surface area contributed by atoms with E-state index in [0.717, 1.165) is 12.8 Å². The van der Waals surface area contributed by atoms with Crippen LogP contribution < -0.4 is 5.32 Å². The first-order valence-corrected chi connectivity index (χ1v) is 8.67. The number of amides is 1. The van der Waals surface area contributed by atoms with Gasteiger partial charge < -0.3 is 10.4 Å². The van der Waals surface area contributed by atoms with Gasteiger partial charge in [0.2, 0.25) is 5.91 Å². The Bertz CT molecular complexity index is 724. The van der Waals surface area contributed by atoms with Crippen LogP contribution in [0.2, 0.25) is 0 Å². The van der Waals surface area contributed by atoms with Crippen molar-refractivity contribution >= 4 is 22.6 Å². The number of benzene rings is 2. The van der Waals surface area contributed by atoms with Crippen LogP contribution in [0.5, 0.6) is 0 Å². The van der Waals surface area contributed by atoms with Gasteiger partial charge in [0.1, 0.15) is 6.04 Å². The molecule has 1 amide bonds. The molecule has 0 aromatic heterocycles. The van der Waals surface area contributed by atoms with Crippen molar-refractivity contribution in [1.29, 1.82) is 0 Å². The van der Waals surface area contributed by atoms with Crippen molar-refractivity contribution < 1.29 is 14.7 Å². The Hall–Kier alpha value is -2.40. The second-order valence-electron chi connectivity index (χ2n) is 6.27. The third-order valence-electron chi connectivity index (χ3n) is 4.45. The molecule has 1 atom stereocenters. The second kappa shape index (κ2) is 9.18. The topological polar surface area (TPSA) is 69.6 Å². The molecule has 0 radical (unpaired) electrons. The zero-order chi connectivity index (χ0) is 18.2. The van der Waals surface area contributed by atoms with Gasteiger partial charge in [-0.2, -0.15) is 0 Å². The number of hydrogen-bond acceptors (Lipinski definition) is 3. The molecule has 134 valence electrons. The predicted molar refractivity (Wildman–Crippen MR) is 99.6 cm³/mol. The average molecular weight is 342 g/mol. The Morgan fingerprint density at radius 3 is 2.56 bits per heavy atom. The number of hydrogen-bond donors (Lipinski definition) is 2. The van der Waals surface area contributed by atoms with Crippen LogP contribution in [0, 0.1) is 0 Å². The van der Waals surface area contributed by atoms with Gasteiger partial charge in [0.25, 0.3) is 0 Å². The predicted octanol–water partition coefficient (Wildman–Crippen LogP) is 2.68. The summed E-state index contributed by atoms with van der Waals surface area (Å²) in [6.07, 6.45) is 1.76. The first-order valence-electron chi connectivity index (χ1n) is 8.67. The number of nitrogens with one attached hydrogen (secondary N) is 1. The fourth-order valence-corrected chi connectivity index (χ4v) is 3.01. The van der Waals surface area contributed by atoms with E-state index in [9.17, 15) is 14.7 Å². The Kier molecular flexibility index (Phi) is 6.95. The molecular weight excluding hydrogens is 316 g/mol. The van der Waals surface area contributed by atoms with Crippen molar-refractivity contribution in [2.75, 3.05) is 19.6 Å². The summed E-state index contributed by atoms with van der Waals surface area (Å²) in [4.78, 5) is 24.2. The summed E-state index contributed by atoms with van der Waals surface area (Å²) < 4.78 is 0. The minimum absolute atomic E-state index is 0.0984. The number of carbonyl (C=O) groups is 2. The summed E-state index contributed by atoms with van der Waals surface area (Å²) in [6, 6.07) is 14.0. The van der Waals surface area contributed by atoms with Crippen LogP contribution in [0.4, 0.5) is 0 Å². The molecule has 0 aliphatic rings. The fourth-order valence-electron chi connectivity index (χ4n) is 3.01. The molecule has 0 saturated carbocycles. The van der Waals surface area contributed by atoms with E-state index in [1.165, 1.54) is 23.3 Å². The van der Waals surface area contributed by atoms with Gasteiger partial charge in [-0.3, -0.25) is 14.5 Å². The maximum atomic E-state index is 11.3. The van der Waals surface area contributed by atoms with Crippen LogP contribution >= 0.6 is 0 Å². The summed E-state index contributed by atoms with van der Waals surface area (Å²) in [5.41, 5.74) is 1.28. The van der Waals surface area contributed by atoms with Crippen molar-refractivity contribution in [2.24, 2.45) is 0 Å². The second-order valence-corrected chi connectivity index (χ2v) is 6.27. The Morgan fingerprint density at radius 2 is 1.84 bits per heavy atom. The smallest absolute Gasteiger partial charge is 0.320 e. The summed E-state index contributed by atoms with van der Waals surface area (Å²) in [5, 5.41) is 14.5. The van der Waals surface area contributed by atoms with Gasteiger partial charge in [-0.1, -0.05) is 42.5 Å². The van der Waals surface area contributed by atoms with E-state index in [4.69, 9.17) is 0 Å². The molecule has 5 heteroatoms. The van der Waals surface area contributed by atoms with Gasteiger partial charge in [-0.25, -0.2) is 0 Å². The molecule has 0 bridgehead atoms. The molecule has 2 aromatic rings. The van der Waals surface area contributed by atoms with Crippen molar-refractivity contribution in [3.05, 3.63) is 48.0 Å². The number of carboxylic acid groups (broad SMARTS) is 1. The highest BCUT2D eigenvalue weighted by Gasteiger charge is 2.19. The molecule has 2 rings (SSSR count). The molecule has 0 saturated heterocycles. The highest BCUT2D eigenvalue weighted by atomic mass is 16.4. The largest absolute Gasteiger partial charge is 0.480 e. The minimum atomic E-state index is -0.840. The van der Waals surface area contributed by atoms with Crippen LogP contribution in [-0.2, 0) is 16.0 Å². The van der Waals surface area contributed by atoms with E-state index in [-0.39, 0.29) is 5.91 Å². The van der Waals surface area contributed by atoms with Gasteiger partial charge in [-0.05, 0) is 42.6 Å². The van der Waals surface area contributed by atoms with E-state index in [1.54, 1.807) is 6.92 Å². The monoisotopic (exact) mass is 342 g/mol. The fraction of sp³-hybridized carbons (Fsp3) is 0.400. The lowest BCUT2D eigenvalue weighted by molar-refractivity contribution is -0.142. The van der Waals surface area contributed by atoms with Crippen LogP contribution in [0.1, 0.15) is 25.8 Å². The standard InChI is InChI=1S/C20H26N2O3/c1-15(20(24)25)22(14-12-21-16(2)23)13-6-10-18-9-5-8-17-7-3-4-11-19(17)18/h3-5,7-9,11,15H,6,10,12-14H2,1-2H3,(H,21,23)(H,24,25). The lowest BCUT2D eigenvalue weighted by Crippen LogP contribution is -2.43. The van der Waals surface area contributed by atoms with Crippen LogP contribution in [-0.4, -0.2) is 47.6 Å². The Balaban J connectivity index is 1.96. The third-order valence-corrected chi connectivity index (χ3v) is 4.45. The van der Waals surface area contributed by atoms with Crippen LogP contribution in [0.15, 0.2) is 42.5 Å². The summed E-state index contributed by atoms with van der Waals surface area (Å²) >= 11 is 0. The summed E-state index contributed by atoms with van der Waals surface area (Å²) in [5.74, 6) is -0.938. The number of carbonyl (C=O) groups excluding carboxylic acids is 1. The number of rotatable bonds is 9. The first-order chi connectivity index (χ1) is 12.0. The van der Waals surface area contributed by atoms with Gasteiger partial charge >= 0.3 is 5.97 Å². The highest BCUT2D eigenvalue weighted by Crippen LogP contribution is 2.20. The molecule has 2 aromatic carbocycles. The summed E-state index contributed by atoms with van der Waals surface area (Å²) in [6.45, 7) is 4.82. The zero-order valence-corrected chi connectivity index (χ0v) is 14.9. The SMILES string of the molecule is CC(=O)NCCN(CCCc1cccc2ccccc12)C(C)C(=O)O. The number of aliphatic carboxylic acids is 1. The van der Waals surface area contributed by atoms with E-state index in [1.807, 2.05) is 17.0 Å². The number of fused-ring (bicyclic) bond motifs is 1. The lowest BCUT2D eigenvalue weighted by atomic mass is 10.0. The van der Waals surface area contributed by atoms with Crippen molar-refractivity contribution in [3.8, 4) is 0 Å². The number of carboxylic acids is 1. The first kappa shape index (κ1) is 18.9. The Labute approximate surface area is 148 Å². The van der Waals surface area contributed by atoms with E-state index in [2.05, 4.69) is 35.6 Å². The van der Waals surface area contributed by atoms with E-state index >= 15 is 0 Å².